The van der Waals surface area contributed by atoms with Crippen molar-refractivity contribution in [3.8, 4) is 0 Å². The molecule has 242 valence electrons. The Kier molecular flexibility index (Phi) is 12.8. The molecule has 17 nitrogen and oxygen atoms in total. The molecule has 0 radical (unpaired) electrons. The summed E-state index contributed by atoms with van der Waals surface area (Å²) in [6.45, 7) is 8.37. The van der Waals surface area contributed by atoms with Crippen LogP contribution in [0.2, 0.25) is 0 Å². The van der Waals surface area contributed by atoms with E-state index in [1.54, 1.807) is 0 Å². The summed E-state index contributed by atoms with van der Waals surface area (Å²) in [6.07, 6.45) is -14.8. The Balaban J connectivity index is 2.67. The SMILES string of the molecule is CC(=O)OCC1O[C@H](OC2C(OC(C)=O)[C@H](OC(C)=O)OC(C)[C@@H]2OC(C)=O)C(OC(C)=O)C(OC(C)=O)[C@@H]1OC(C)=O. The van der Waals surface area contributed by atoms with Gasteiger partial charge in [0.25, 0.3) is 0 Å². The van der Waals surface area contributed by atoms with Gasteiger partial charge < -0.3 is 47.4 Å². The molecule has 0 N–H and O–H groups in total. The second kappa shape index (κ2) is 15.6. The quantitative estimate of drug-likeness (QED) is 0.225. The van der Waals surface area contributed by atoms with Gasteiger partial charge in [-0.05, 0) is 6.92 Å². The molecule has 17 heteroatoms. The zero-order chi connectivity index (χ0) is 32.6. The van der Waals surface area contributed by atoms with Gasteiger partial charge in [0.15, 0.2) is 36.8 Å². The van der Waals surface area contributed by atoms with E-state index in [1.165, 1.54) is 6.92 Å². The Labute approximate surface area is 246 Å². The van der Waals surface area contributed by atoms with E-state index in [-0.39, 0.29) is 0 Å². The molecule has 0 saturated carbocycles. The molecule has 6 unspecified atom stereocenters. The standard InChI is InChI=1S/C26H36O17/c1-10-19(36-12(3)28)21(23(39-15(6)31)25(35-10)41-17(8)33)43-26-24(40-16(7)32)22(38-14(5)30)20(37-13(4)29)18(42-26)9-34-11(2)27/h10,18-26H,9H2,1-8H3/t10?,18?,19-,20+,21?,22?,23?,24?,25-,26+/m0/s1. The molecule has 0 aromatic carbocycles. The van der Waals surface area contributed by atoms with Crippen molar-refractivity contribution < 1.29 is 80.9 Å². The van der Waals surface area contributed by atoms with E-state index in [1.807, 2.05) is 0 Å². The van der Waals surface area contributed by atoms with E-state index in [4.69, 9.17) is 47.4 Å². The predicted octanol–water partition coefficient (Wildman–Crippen LogP) is -0.374. The second-order valence-corrected chi connectivity index (χ2v) is 9.64. The van der Waals surface area contributed by atoms with Crippen LogP contribution in [-0.2, 0) is 80.9 Å². The molecule has 2 heterocycles. The fourth-order valence-corrected chi connectivity index (χ4v) is 4.51. The number of esters is 7. The van der Waals surface area contributed by atoms with E-state index >= 15 is 0 Å². The lowest BCUT2D eigenvalue weighted by atomic mass is 9.96. The van der Waals surface area contributed by atoms with Crippen LogP contribution >= 0.6 is 0 Å². The summed E-state index contributed by atoms with van der Waals surface area (Å²) in [5.41, 5.74) is 0. The van der Waals surface area contributed by atoms with Gasteiger partial charge in [-0.15, -0.1) is 0 Å². The minimum absolute atomic E-state index is 0.543. The van der Waals surface area contributed by atoms with Gasteiger partial charge in [-0.3, -0.25) is 33.6 Å². The minimum atomic E-state index is -1.75. The fourth-order valence-electron chi connectivity index (χ4n) is 4.51. The number of ether oxygens (including phenoxy) is 10. The Morgan fingerprint density at radius 2 is 0.884 bits per heavy atom. The van der Waals surface area contributed by atoms with Crippen LogP contribution in [0.1, 0.15) is 55.4 Å². The summed E-state index contributed by atoms with van der Waals surface area (Å²) in [7, 11) is 0. The number of carbonyl (C=O) groups excluding carboxylic acids is 7. The van der Waals surface area contributed by atoms with Crippen LogP contribution in [0, 0.1) is 0 Å². The molecular formula is C26H36O17. The van der Waals surface area contributed by atoms with Crippen molar-refractivity contribution in [3.63, 3.8) is 0 Å². The molecule has 0 aliphatic carbocycles. The van der Waals surface area contributed by atoms with Gasteiger partial charge in [0.05, 0.1) is 6.10 Å². The molecule has 43 heavy (non-hydrogen) atoms. The third-order valence-corrected chi connectivity index (χ3v) is 5.85. The monoisotopic (exact) mass is 620 g/mol. The van der Waals surface area contributed by atoms with Crippen LogP contribution < -0.4 is 0 Å². The van der Waals surface area contributed by atoms with Crippen LogP contribution in [0.15, 0.2) is 0 Å². The van der Waals surface area contributed by atoms with E-state index in [9.17, 15) is 33.6 Å². The Morgan fingerprint density at radius 1 is 0.465 bits per heavy atom. The summed E-state index contributed by atoms with van der Waals surface area (Å²) >= 11 is 0. The van der Waals surface area contributed by atoms with Crippen LogP contribution in [-0.4, -0.2) is 110 Å². The van der Waals surface area contributed by atoms with Crippen molar-refractivity contribution in [2.75, 3.05) is 6.61 Å². The zero-order valence-electron chi connectivity index (χ0n) is 24.9. The Hall–Kier alpha value is -3.83. The normalized spacial score (nSPS) is 31.9. The average molecular weight is 621 g/mol. The topological polar surface area (TPSA) is 212 Å². The van der Waals surface area contributed by atoms with Gasteiger partial charge in [0.2, 0.25) is 6.29 Å². The molecule has 2 fully saturated rings. The first kappa shape index (κ1) is 35.4. The Morgan fingerprint density at radius 3 is 1.35 bits per heavy atom. The van der Waals surface area contributed by atoms with E-state index in [0.29, 0.717) is 0 Å². The lowest BCUT2D eigenvalue weighted by Gasteiger charge is -2.48. The molecule has 2 saturated heterocycles. The minimum Gasteiger partial charge on any atom is -0.463 e. The predicted molar refractivity (Wildman–Crippen MR) is 134 cm³/mol. The lowest BCUT2D eigenvalue weighted by molar-refractivity contribution is -0.355. The van der Waals surface area contributed by atoms with E-state index in [2.05, 4.69) is 0 Å². The summed E-state index contributed by atoms with van der Waals surface area (Å²) in [4.78, 5) is 83.9. The smallest absolute Gasteiger partial charge is 0.305 e. The van der Waals surface area contributed by atoms with E-state index in [0.717, 1.165) is 48.5 Å². The first-order valence-corrected chi connectivity index (χ1v) is 13.1. The van der Waals surface area contributed by atoms with Crippen LogP contribution in [0.3, 0.4) is 0 Å². The fraction of sp³-hybridized carbons (Fsp3) is 0.731. The summed E-state index contributed by atoms with van der Waals surface area (Å²) in [5.74, 6) is -5.82. The van der Waals surface area contributed by atoms with Gasteiger partial charge in [-0.25, -0.2) is 0 Å². The van der Waals surface area contributed by atoms with Gasteiger partial charge >= 0.3 is 41.8 Å². The van der Waals surface area contributed by atoms with Gasteiger partial charge in [0.1, 0.15) is 18.8 Å². The molecule has 0 spiro atoms. The third kappa shape index (κ3) is 10.4. The van der Waals surface area contributed by atoms with Gasteiger partial charge in [-0.1, -0.05) is 0 Å². The van der Waals surface area contributed by atoms with E-state index < -0.39 is 110 Å². The molecule has 0 aromatic rings. The first-order valence-electron chi connectivity index (χ1n) is 13.1. The van der Waals surface area contributed by atoms with Gasteiger partial charge in [0, 0.05) is 48.5 Å². The molecule has 10 atom stereocenters. The number of carbonyl (C=O) groups is 7. The molecule has 0 amide bonds. The summed E-state index contributed by atoms with van der Waals surface area (Å²) in [5, 5.41) is 0. The zero-order valence-corrected chi connectivity index (χ0v) is 24.9. The van der Waals surface area contributed by atoms with Crippen molar-refractivity contribution in [1.82, 2.24) is 0 Å². The largest absolute Gasteiger partial charge is 0.463 e. The number of rotatable bonds is 10. The number of hydrogen-bond donors (Lipinski definition) is 0. The summed E-state index contributed by atoms with van der Waals surface area (Å²) < 4.78 is 54.9. The highest BCUT2D eigenvalue weighted by atomic mass is 16.8. The van der Waals surface area contributed by atoms with Crippen molar-refractivity contribution in [2.24, 2.45) is 0 Å². The summed E-state index contributed by atoms with van der Waals surface area (Å²) in [6, 6.07) is 0. The maximum absolute atomic E-state index is 12.2. The van der Waals surface area contributed by atoms with Crippen LogP contribution in [0.4, 0.5) is 0 Å². The Bertz CT molecular complexity index is 1070. The molecule has 0 bridgehead atoms. The van der Waals surface area contributed by atoms with Crippen molar-refractivity contribution in [3.05, 3.63) is 0 Å². The first-order chi connectivity index (χ1) is 20.0. The molecule has 2 rings (SSSR count). The van der Waals surface area contributed by atoms with Crippen molar-refractivity contribution in [1.29, 1.82) is 0 Å². The molecule has 2 aliphatic rings. The van der Waals surface area contributed by atoms with Crippen LogP contribution in [0.5, 0.6) is 0 Å². The maximum atomic E-state index is 12.2. The molecular weight excluding hydrogens is 584 g/mol. The van der Waals surface area contributed by atoms with Crippen LogP contribution in [0.25, 0.3) is 0 Å². The second-order valence-electron chi connectivity index (χ2n) is 9.64. The van der Waals surface area contributed by atoms with Gasteiger partial charge in [-0.2, -0.15) is 0 Å². The molecule has 2 aliphatic heterocycles. The molecule has 0 aromatic heterocycles. The third-order valence-electron chi connectivity index (χ3n) is 5.85. The van der Waals surface area contributed by atoms with Crippen molar-refractivity contribution >= 4 is 41.8 Å². The average Bonchev–Trinajstić information content (AvgIpc) is 2.84. The number of hydrogen-bond acceptors (Lipinski definition) is 17. The highest BCUT2D eigenvalue weighted by molar-refractivity contribution is 5.69. The maximum Gasteiger partial charge on any atom is 0.305 e. The highest BCUT2D eigenvalue weighted by Crippen LogP contribution is 2.35. The highest BCUT2D eigenvalue weighted by Gasteiger charge is 2.57. The van der Waals surface area contributed by atoms with Crippen molar-refractivity contribution in [2.45, 2.75) is 117 Å². The lowest BCUT2D eigenvalue weighted by Crippen LogP contribution is -2.66.